The monoisotopic (exact) mass is 285 g/mol. The third-order valence-electron chi connectivity index (χ3n) is 3.31. The van der Waals surface area contributed by atoms with Crippen LogP contribution in [0.25, 0.3) is 0 Å². The Morgan fingerprint density at radius 1 is 1.42 bits per heavy atom. The Balaban J connectivity index is 1.74. The molecule has 0 radical (unpaired) electrons. The Bertz CT molecular complexity index is 414. The summed E-state index contributed by atoms with van der Waals surface area (Å²) in [6, 6.07) is 1.96. The summed E-state index contributed by atoms with van der Waals surface area (Å²) in [6.07, 6.45) is 1.32. The lowest BCUT2D eigenvalue weighted by molar-refractivity contribution is -0.133. The summed E-state index contributed by atoms with van der Waals surface area (Å²) >= 11 is 5.60. The van der Waals surface area contributed by atoms with Crippen molar-refractivity contribution in [3.05, 3.63) is 17.5 Å². The van der Waals surface area contributed by atoms with Crippen LogP contribution in [0.2, 0.25) is 0 Å². The summed E-state index contributed by atoms with van der Waals surface area (Å²) < 4.78 is 5.21. The maximum absolute atomic E-state index is 11.8. The van der Waals surface area contributed by atoms with Gasteiger partial charge in [-0.25, -0.2) is 0 Å². The van der Waals surface area contributed by atoms with Gasteiger partial charge in [0.2, 0.25) is 5.91 Å². The molecule has 6 heteroatoms. The fraction of sp³-hybridized carbons (Fsp3) is 0.692. The highest BCUT2D eigenvalue weighted by molar-refractivity contribution is 6.17. The number of aryl methyl sites for hydroxylation is 1. The maximum Gasteiger partial charge on any atom is 0.222 e. The molecule has 2 heterocycles. The number of amides is 1. The van der Waals surface area contributed by atoms with Crippen molar-refractivity contribution in [1.82, 2.24) is 15.0 Å². The van der Waals surface area contributed by atoms with Gasteiger partial charge in [0.05, 0.1) is 12.2 Å². The van der Waals surface area contributed by atoms with Gasteiger partial charge < -0.3 is 9.42 Å². The van der Waals surface area contributed by atoms with Gasteiger partial charge in [0.25, 0.3) is 0 Å². The van der Waals surface area contributed by atoms with Gasteiger partial charge >= 0.3 is 0 Å². The van der Waals surface area contributed by atoms with Crippen LogP contribution in [0.4, 0.5) is 0 Å². The quantitative estimate of drug-likeness (QED) is 0.772. The molecule has 1 saturated heterocycles. The first-order chi connectivity index (χ1) is 9.19. The lowest BCUT2D eigenvalue weighted by Crippen LogP contribution is -2.48. The number of aromatic nitrogens is 1. The zero-order chi connectivity index (χ0) is 13.7. The average molecular weight is 286 g/mol. The van der Waals surface area contributed by atoms with E-state index in [4.69, 9.17) is 16.1 Å². The smallest absolute Gasteiger partial charge is 0.222 e. The Morgan fingerprint density at radius 3 is 2.74 bits per heavy atom. The predicted molar refractivity (Wildman–Crippen MR) is 73.1 cm³/mol. The fourth-order valence-corrected chi connectivity index (χ4v) is 2.38. The molecule has 0 N–H and O–H groups in total. The zero-order valence-corrected chi connectivity index (χ0v) is 12.0. The molecule has 0 aromatic carbocycles. The summed E-state index contributed by atoms with van der Waals surface area (Å²) in [5.41, 5.74) is 0.907. The van der Waals surface area contributed by atoms with E-state index >= 15 is 0 Å². The van der Waals surface area contributed by atoms with E-state index in [1.165, 1.54) is 0 Å². The van der Waals surface area contributed by atoms with Crippen LogP contribution >= 0.6 is 11.6 Å². The Labute approximate surface area is 118 Å². The number of carbonyl (C=O) groups is 1. The predicted octanol–water partition coefficient (Wildman–Crippen LogP) is 1.65. The minimum atomic E-state index is 0.218. The van der Waals surface area contributed by atoms with Gasteiger partial charge in [0.15, 0.2) is 5.76 Å². The summed E-state index contributed by atoms with van der Waals surface area (Å²) in [4.78, 5) is 16.1. The van der Waals surface area contributed by atoms with Crippen LogP contribution in [-0.2, 0) is 11.3 Å². The maximum atomic E-state index is 11.8. The van der Waals surface area contributed by atoms with Crippen molar-refractivity contribution >= 4 is 17.5 Å². The van der Waals surface area contributed by atoms with Gasteiger partial charge in [0.1, 0.15) is 0 Å². The van der Waals surface area contributed by atoms with Crippen LogP contribution in [0.3, 0.4) is 0 Å². The topological polar surface area (TPSA) is 49.6 Å². The molecule has 1 aromatic rings. The largest absolute Gasteiger partial charge is 0.360 e. The fourth-order valence-electron chi connectivity index (χ4n) is 2.24. The first-order valence-corrected chi connectivity index (χ1v) is 7.21. The minimum absolute atomic E-state index is 0.218. The number of nitrogens with zero attached hydrogens (tertiary/aromatic N) is 3. The van der Waals surface area contributed by atoms with Gasteiger partial charge in [0, 0.05) is 44.5 Å². The van der Waals surface area contributed by atoms with Gasteiger partial charge in [-0.2, -0.15) is 0 Å². The average Bonchev–Trinajstić information content (AvgIpc) is 2.82. The molecule has 19 heavy (non-hydrogen) atoms. The number of piperazine rings is 1. The molecule has 0 unspecified atom stereocenters. The number of hydrogen-bond donors (Lipinski definition) is 0. The van der Waals surface area contributed by atoms with Crippen LogP contribution in [0.1, 0.15) is 24.3 Å². The first kappa shape index (κ1) is 14.3. The second kappa shape index (κ2) is 6.91. The van der Waals surface area contributed by atoms with Crippen molar-refractivity contribution in [3.8, 4) is 0 Å². The summed E-state index contributed by atoms with van der Waals surface area (Å²) in [5, 5.41) is 3.88. The first-order valence-electron chi connectivity index (χ1n) is 6.67. The highest BCUT2D eigenvalue weighted by Crippen LogP contribution is 2.10. The Kier molecular flexibility index (Phi) is 5.22. The number of rotatable bonds is 5. The van der Waals surface area contributed by atoms with Crippen molar-refractivity contribution in [2.24, 2.45) is 0 Å². The molecular formula is C13H20ClN3O2. The highest BCUT2D eigenvalue weighted by Gasteiger charge is 2.21. The standard InChI is InChI=1S/C13H20ClN3O2/c1-11-9-12(19-15-11)10-16-5-7-17(8-6-16)13(18)3-2-4-14/h9H,2-8,10H2,1H3. The van der Waals surface area contributed by atoms with E-state index in [1.54, 1.807) is 0 Å². The second-order valence-electron chi connectivity index (χ2n) is 4.88. The van der Waals surface area contributed by atoms with Crippen molar-refractivity contribution < 1.29 is 9.32 Å². The molecule has 0 spiro atoms. The minimum Gasteiger partial charge on any atom is -0.360 e. The summed E-state index contributed by atoms with van der Waals surface area (Å²) in [6.45, 7) is 6.02. The van der Waals surface area contributed by atoms with Crippen molar-refractivity contribution in [2.45, 2.75) is 26.3 Å². The number of carbonyl (C=O) groups excluding carboxylic acids is 1. The van der Waals surface area contributed by atoms with E-state index in [0.29, 0.717) is 12.3 Å². The number of halogens is 1. The normalized spacial score (nSPS) is 16.8. The Morgan fingerprint density at radius 2 is 2.16 bits per heavy atom. The third kappa shape index (κ3) is 4.21. The molecular weight excluding hydrogens is 266 g/mol. The molecule has 0 bridgehead atoms. The van der Waals surface area contributed by atoms with E-state index < -0.39 is 0 Å². The lowest BCUT2D eigenvalue weighted by Gasteiger charge is -2.34. The van der Waals surface area contributed by atoms with Crippen LogP contribution < -0.4 is 0 Å². The number of alkyl halides is 1. The van der Waals surface area contributed by atoms with Crippen molar-refractivity contribution in [2.75, 3.05) is 32.1 Å². The highest BCUT2D eigenvalue weighted by atomic mass is 35.5. The SMILES string of the molecule is Cc1cc(CN2CCN(C(=O)CCCCl)CC2)on1. The molecule has 0 atom stereocenters. The van der Waals surface area contributed by atoms with Crippen LogP contribution in [-0.4, -0.2) is 52.9 Å². The van der Waals surface area contributed by atoms with Crippen molar-refractivity contribution in [1.29, 1.82) is 0 Å². The van der Waals surface area contributed by atoms with Crippen LogP contribution in [0.15, 0.2) is 10.6 Å². The van der Waals surface area contributed by atoms with Crippen LogP contribution in [0, 0.1) is 6.92 Å². The van der Waals surface area contributed by atoms with Crippen molar-refractivity contribution in [3.63, 3.8) is 0 Å². The second-order valence-corrected chi connectivity index (χ2v) is 5.26. The molecule has 1 amide bonds. The molecule has 1 aromatic heterocycles. The van der Waals surface area contributed by atoms with E-state index in [-0.39, 0.29) is 5.91 Å². The molecule has 0 saturated carbocycles. The van der Waals surface area contributed by atoms with Gasteiger partial charge in [-0.15, -0.1) is 11.6 Å². The lowest BCUT2D eigenvalue weighted by atomic mass is 10.2. The van der Waals surface area contributed by atoms with E-state index in [1.807, 2.05) is 17.9 Å². The number of hydrogen-bond acceptors (Lipinski definition) is 4. The summed E-state index contributed by atoms with van der Waals surface area (Å²) in [5.74, 6) is 1.66. The van der Waals surface area contributed by atoms with E-state index in [9.17, 15) is 4.79 Å². The van der Waals surface area contributed by atoms with E-state index in [2.05, 4.69) is 10.1 Å². The Hall–Kier alpha value is -1.07. The van der Waals surface area contributed by atoms with Gasteiger partial charge in [-0.3, -0.25) is 9.69 Å². The van der Waals surface area contributed by atoms with Gasteiger partial charge in [-0.1, -0.05) is 5.16 Å². The summed E-state index contributed by atoms with van der Waals surface area (Å²) in [7, 11) is 0. The zero-order valence-electron chi connectivity index (χ0n) is 11.3. The molecule has 0 aliphatic carbocycles. The third-order valence-corrected chi connectivity index (χ3v) is 3.57. The van der Waals surface area contributed by atoms with Crippen LogP contribution in [0.5, 0.6) is 0 Å². The molecule has 2 rings (SSSR count). The molecule has 1 aliphatic heterocycles. The molecule has 5 nitrogen and oxygen atoms in total. The van der Waals surface area contributed by atoms with E-state index in [0.717, 1.165) is 50.6 Å². The molecule has 1 aliphatic rings. The molecule has 106 valence electrons. The van der Waals surface area contributed by atoms with Gasteiger partial charge in [-0.05, 0) is 13.3 Å². The molecule has 1 fully saturated rings.